The smallest absolute Gasteiger partial charge is 0.00234 e. The molecule has 0 aliphatic rings. The van der Waals surface area contributed by atoms with Gasteiger partial charge in [0.25, 0.3) is 0 Å². The van der Waals surface area contributed by atoms with E-state index >= 15 is 0 Å². The number of aryl methyl sites for hydroxylation is 1. The summed E-state index contributed by atoms with van der Waals surface area (Å²) in [6.45, 7) is 26.0. The maximum Gasteiger partial charge on any atom is -0.00234 e. The zero-order valence-electron chi connectivity index (χ0n) is 33.0. The topological polar surface area (TPSA) is 0 Å². The number of unbranched alkanes of at least 4 members (excludes halogenated alkanes) is 1. The van der Waals surface area contributed by atoms with Crippen LogP contribution >= 0.6 is 0 Å². The Hall–Kier alpha value is -3.90. The van der Waals surface area contributed by atoms with E-state index in [9.17, 15) is 0 Å². The summed E-state index contributed by atoms with van der Waals surface area (Å²) in [4.78, 5) is 0. The largest absolute Gasteiger partial charge is 0.0654 e. The molecule has 0 aliphatic heterocycles. The molecule has 0 heterocycles. The minimum atomic E-state index is 0.380. The highest BCUT2D eigenvalue weighted by atomic mass is 14.3. The van der Waals surface area contributed by atoms with E-state index in [0.29, 0.717) is 29.6 Å². The van der Waals surface area contributed by atoms with Gasteiger partial charge >= 0.3 is 0 Å². The zero-order chi connectivity index (χ0) is 36.1. The predicted molar refractivity (Wildman–Crippen MR) is 222 cm³/mol. The molecule has 0 saturated carbocycles. The number of rotatable bonds is 13. The Kier molecular flexibility index (Phi) is 12.3. The molecule has 0 aromatic heterocycles. The van der Waals surface area contributed by atoms with E-state index in [1.54, 1.807) is 0 Å². The second-order valence-corrected chi connectivity index (χ2v) is 16.2. The fourth-order valence-electron chi connectivity index (χ4n) is 7.65. The van der Waals surface area contributed by atoms with Crippen LogP contribution in [0.1, 0.15) is 146 Å². The van der Waals surface area contributed by atoms with Gasteiger partial charge in [0, 0.05) is 0 Å². The van der Waals surface area contributed by atoms with Gasteiger partial charge in [-0.1, -0.05) is 174 Å². The Morgan fingerprint density at radius 1 is 0.460 bits per heavy atom. The van der Waals surface area contributed by atoms with Crippen molar-refractivity contribution in [1.29, 1.82) is 0 Å². The summed E-state index contributed by atoms with van der Waals surface area (Å²) in [6.07, 6.45) is 4.50. The van der Waals surface area contributed by atoms with Gasteiger partial charge in [-0.2, -0.15) is 0 Å². The molecule has 50 heavy (non-hydrogen) atoms. The number of benzene rings is 5. The van der Waals surface area contributed by atoms with Crippen LogP contribution in [-0.4, -0.2) is 0 Å². The van der Waals surface area contributed by atoms with E-state index in [1.165, 1.54) is 90.7 Å². The maximum absolute atomic E-state index is 2.57. The normalized spacial score (nSPS) is 11.9. The van der Waals surface area contributed by atoms with Gasteiger partial charge in [-0.3, -0.25) is 0 Å². The third kappa shape index (κ3) is 8.01. The highest BCUT2D eigenvalue weighted by molar-refractivity contribution is 6.01. The van der Waals surface area contributed by atoms with Crippen molar-refractivity contribution in [2.45, 2.75) is 126 Å². The second kappa shape index (κ2) is 16.4. The Bertz CT molecular complexity index is 1830. The Morgan fingerprint density at radius 3 is 1.58 bits per heavy atom. The molecule has 0 unspecified atom stereocenters. The first kappa shape index (κ1) is 37.4. The first-order chi connectivity index (χ1) is 23.9. The lowest BCUT2D eigenvalue weighted by Crippen LogP contribution is -2.10. The highest BCUT2D eigenvalue weighted by Gasteiger charge is 2.29. The van der Waals surface area contributed by atoms with Crippen LogP contribution in [0.3, 0.4) is 0 Å². The fraction of sp³-hybridized carbons (Fsp3) is 0.400. The SMILES string of the molecule is CCCCc1ccccc1-c1cc(-c2ccccc2)c(-c2ccc(C(C)C)cc2)c(-c2c(C(C)C)cc(C(C)C)cc2C(C)C)c1CC(C)C. The molecule has 0 saturated heterocycles. The van der Waals surface area contributed by atoms with Crippen LogP contribution in [-0.2, 0) is 12.8 Å². The zero-order valence-corrected chi connectivity index (χ0v) is 33.0. The van der Waals surface area contributed by atoms with Crippen LogP contribution < -0.4 is 0 Å². The van der Waals surface area contributed by atoms with E-state index < -0.39 is 0 Å². The van der Waals surface area contributed by atoms with Crippen molar-refractivity contribution in [2.24, 2.45) is 5.92 Å². The van der Waals surface area contributed by atoms with Crippen LogP contribution in [0.25, 0.3) is 44.5 Å². The van der Waals surface area contributed by atoms with Crippen molar-refractivity contribution in [1.82, 2.24) is 0 Å². The maximum atomic E-state index is 2.57. The molecule has 262 valence electrons. The molecular weight excluding hydrogens is 601 g/mol. The molecule has 0 amide bonds. The Morgan fingerprint density at radius 2 is 1.04 bits per heavy atom. The van der Waals surface area contributed by atoms with E-state index in [-0.39, 0.29) is 0 Å². The molecule has 0 radical (unpaired) electrons. The third-order valence-corrected chi connectivity index (χ3v) is 10.5. The van der Waals surface area contributed by atoms with Crippen molar-refractivity contribution >= 4 is 0 Å². The van der Waals surface area contributed by atoms with E-state index in [1.807, 2.05) is 0 Å². The summed E-state index contributed by atoms with van der Waals surface area (Å²) in [6, 6.07) is 37.6. The summed E-state index contributed by atoms with van der Waals surface area (Å²) in [5.41, 5.74) is 19.7. The molecule has 0 nitrogen and oxygen atoms in total. The molecule has 0 atom stereocenters. The highest BCUT2D eigenvalue weighted by Crippen LogP contribution is 2.51. The molecule has 5 aromatic carbocycles. The summed E-state index contributed by atoms with van der Waals surface area (Å²) in [7, 11) is 0. The van der Waals surface area contributed by atoms with Crippen LogP contribution in [0.15, 0.2) is 97.1 Å². The lowest BCUT2D eigenvalue weighted by atomic mass is 9.73. The van der Waals surface area contributed by atoms with Crippen molar-refractivity contribution in [3.8, 4) is 44.5 Å². The molecule has 0 spiro atoms. The lowest BCUT2D eigenvalue weighted by Gasteiger charge is -2.30. The molecule has 0 heteroatoms. The first-order valence-electron chi connectivity index (χ1n) is 19.5. The molecule has 5 aromatic rings. The van der Waals surface area contributed by atoms with Gasteiger partial charge in [-0.05, 0) is 133 Å². The van der Waals surface area contributed by atoms with E-state index in [0.717, 1.165) is 12.8 Å². The molecule has 0 fully saturated rings. The monoisotopic (exact) mass is 662 g/mol. The number of hydrogen-bond acceptors (Lipinski definition) is 0. The lowest BCUT2D eigenvalue weighted by molar-refractivity contribution is 0.649. The molecule has 5 rings (SSSR count). The molecular formula is C50H62. The third-order valence-electron chi connectivity index (χ3n) is 10.5. The van der Waals surface area contributed by atoms with E-state index in [2.05, 4.69) is 173 Å². The average molecular weight is 663 g/mol. The fourth-order valence-corrected chi connectivity index (χ4v) is 7.65. The van der Waals surface area contributed by atoms with Crippen LogP contribution in [0.2, 0.25) is 0 Å². The van der Waals surface area contributed by atoms with Crippen LogP contribution in [0.4, 0.5) is 0 Å². The van der Waals surface area contributed by atoms with Crippen molar-refractivity contribution in [3.05, 3.63) is 130 Å². The number of hydrogen-bond donors (Lipinski definition) is 0. The molecule has 0 N–H and O–H groups in total. The van der Waals surface area contributed by atoms with Crippen LogP contribution in [0, 0.1) is 5.92 Å². The first-order valence-corrected chi connectivity index (χ1v) is 19.5. The summed E-state index contributed by atoms with van der Waals surface area (Å²) in [5.74, 6) is 2.21. The van der Waals surface area contributed by atoms with Gasteiger partial charge < -0.3 is 0 Å². The van der Waals surface area contributed by atoms with Gasteiger partial charge in [-0.25, -0.2) is 0 Å². The van der Waals surface area contributed by atoms with Crippen molar-refractivity contribution in [3.63, 3.8) is 0 Å². The molecule has 0 aliphatic carbocycles. The van der Waals surface area contributed by atoms with Gasteiger partial charge in [-0.15, -0.1) is 0 Å². The van der Waals surface area contributed by atoms with Gasteiger partial charge in [0.15, 0.2) is 0 Å². The molecule has 0 bridgehead atoms. The second-order valence-electron chi connectivity index (χ2n) is 16.2. The van der Waals surface area contributed by atoms with Crippen molar-refractivity contribution < 1.29 is 0 Å². The summed E-state index contributed by atoms with van der Waals surface area (Å²) < 4.78 is 0. The van der Waals surface area contributed by atoms with Crippen LogP contribution in [0.5, 0.6) is 0 Å². The average Bonchev–Trinajstić information content (AvgIpc) is 3.10. The van der Waals surface area contributed by atoms with Gasteiger partial charge in [0.05, 0.1) is 0 Å². The predicted octanol–water partition coefficient (Wildman–Crippen LogP) is 15.4. The van der Waals surface area contributed by atoms with Gasteiger partial charge in [0.1, 0.15) is 0 Å². The Balaban J connectivity index is 2.09. The minimum absolute atomic E-state index is 0.380. The summed E-state index contributed by atoms with van der Waals surface area (Å²) >= 11 is 0. The van der Waals surface area contributed by atoms with Gasteiger partial charge in [0.2, 0.25) is 0 Å². The standard InChI is InChI=1S/C50H62/c1-12-13-19-38-22-17-18-23-42(38)46-31-45(39-20-15-14-16-21-39)48(40-26-24-37(25-27-40)33(4)5)50(47(46)28-32(2)3)49-43(35(8)9)29-41(34(6)7)30-44(49)36(10)11/h14-18,20-27,29-36H,12-13,19,28H2,1-11H3. The minimum Gasteiger partial charge on any atom is -0.0654 e. The van der Waals surface area contributed by atoms with Crippen molar-refractivity contribution in [2.75, 3.05) is 0 Å². The Labute approximate surface area is 305 Å². The van der Waals surface area contributed by atoms with E-state index in [4.69, 9.17) is 0 Å². The quantitative estimate of drug-likeness (QED) is 0.118. The summed E-state index contributed by atoms with van der Waals surface area (Å²) in [5, 5.41) is 0.